The van der Waals surface area contributed by atoms with E-state index in [-0.39, 0.29) is 5.57 Å². The molecule has 0 amide bonds. The van der Waals surface area contributed by atoms with E-state index in [1.807, 2.05) is 42.5 Å². The quantitative estimate of drug-likeness (QED) is 0.238. The van der Waals surface area contributed by atoms with Crippen LogP contribution in [-0.4, -0.2) is 20.9 Å². The highest BCUT2D eigenvalue weighted by Crippen LogP contribution is 2.32. The predicted octanol–water partition coefficient (Wildman–Crippen LogP) is 8.28. The molecule has 0 saturated carbocycles. The third-order valence-corrected chi connectivity index (χ3v) is 6.36. The maximum absolute atomic E-state index is 12.1. The van der Waals surface area contributed by atoms with E-state index in [9.17, 15) is 9.90 Å². The molecule has 4 nitrogen and oxygen atoms in total. The van der Waals surface area contributed by atoms with Gasteiger partial charge < -0.3 is 5.11 Å². The van der Waals surface area contributed by atoms with Crippen molar-refractivity contribution in [1.82, 2.24) is 9.78 Å². The number of rotatable bonds is 5. The summed E-state index contributed by atoms with van der Waals surface area (Å²) in [6.45, 7) is 0. The van der Waals surface area contributed by atoms with Crippen LogP contribution in [0, 0.1) is 0 Å². The van der Waals surface area contributed by atoms with E-state index < -0.39 is 5.97 Å². The van der Waals surface area contributed by atoms with Gasteiger partial charge in [-0.2, -0.15) is 5.10 Å². The highest BCUT2D eigenvalue weighted by Gasteiger charge is 2.17. The third kappa shape index (κ3) is 4.82. The molecule has 0 bridgehead atoms. The monoisotopic (exact) mass is 518 g/mol. The molecule has 0 fully saturated rings. The van der Waals surface area contributed by atoms with Crippen molar-refractivity contribution in [3.05, 3.63) is 117 Å². The molecular weight excluding hydrogens is 503 g/mol. The number of aromatic nitrogens is 2. The average Bonchev–Trinajstić information content (AvgIpc) is 3.27. The molecule has 35 heavy (non-hydrogen) atoms. The van der Waals surface area contributed by atoms with Gasteiger partial charge in [0.2, 0.25) is 0 Å². The van der Waals surface area contributed by atoms with Gasteiger partial charge in [0.25, 0.3) is 0 Å². The molecular formula is C28H17Cl3N2O2. The summed E-state index contributed by atoms with van der Waals surface area (Å²) >= 11 is 18.9. The lowest BCUT2D eigenvalue weighted by Crippen LogP contribution is -2.01. The van der Waals surface area contributed by atoms with E-state index in [4.69, 9.17) is 39.9 Å². The normalized spacial score (nSPS) is 11.7. The number of hydrogen-bond donors (Lipinski definition) is 1. The van der Waals surface area contributed by atoms with Crippen LogP contribution in [0.1, 0.15) is 11.3 Å². The molecule has 0 atom stereocenters. The fraction of sp³-hybridized carbons (Fsp3) is 0. The molecule has 7 heteroatoms. The Kier molecular flexibility index (Phi) is 6.35. The van der Waals surface area contributed by atoms with Crippen molar-refractivity contribution < 1.29 is 9.90 Å². The van der Waals surface area contributed by atoms with Crippen LogP contribution in [0.5, 0.6) is 0 Å². The van der Waals surface area contributed by atoms with Gasteiger partial charge in [0, 0.05) is 15.6 Å². The summed E-state index contributed by atoms with van der Waals surface area (Å²) in [5, 5.41) is 18.2. The first kappa shape index (κ1) is 23.2. The molecule has 1 N–H and O–H groups in total. The van der Waals surface area contributed by atoms with Crippen LogP contribution in [-0.2, 0) is 4.79 Å². The minimum Gasteiger partial charge on any atom is -0.478 e. The molecule has 0 saturated heterocycles. The standard InChI is InChI=1S/C28H17Cl3N2O2/c29-21-7-3-6-19(13-21)24(28(34)35)15-23-16-26(20-9-8-17-4-1-2-5-18(17)12-20)33(32-23)27-14-22(30)10-11-25(27)31/h1-16H,(H,34,35)/b24-15-. The second-order valence-corrected chi connectivity index (χ2v) is 9.18. The SMILES string of the molecule is O=C(O)/C(=C\c1cc(-c2ccc3ccccc3c2)n(-c2cc(Cl)ccc2Cl)n1)c1cccc(Cl)c1. The topological polar surface area (TPSA) is 55.1 Å². The van der Waals surface area contributed by atoms with Gasteiger partial charge >= 0.3 is 5.97 Å². The van der Waals surface area contributed by atoms with Crippen LogP contribution in [0.15, 0.2) is 91.0 Å². The van der Waals surface area contributed by atoms with Gasteiger partial charge in [0.05, 0.1) is 27.7 Å². The summed E-state index contributed by atoms with van der Waals surface area (Å²) < 4.78 is 1.68. The molecule has 0 aliphatic carbocycles. The van der Waals surface area contributed by atoms with Crippen LogP contribution < -0.4 is 0 Å². The van der Waals surface area contributed by atoms with Gasteiger partial charge in [-0.15, -0.1) is 0 Å². The van der Waals surface area contributed by atoms with Gasteiger partial charge in [0.15, 0.2) is 0 Å². The fourth-order valence-corrected chi connectivity index (χ4v) is 4.48. The number of aliphatic carboxylic acids is 1. The number of carboxylic acid groups (broad SMARTS) is 1. The minimum atomic E-state index is -1.09. The molecule has 0 unspecified atom stereocenters. The summed E-state index contributed by atoms with van der Waals surface area (Å²) in [5.74, 6) is -1.09. The van der Waals surface area contributed by atoms with Crippen LogP contribution in [0.2, 0.25) is 15.1 Å². The van der Waals surface area contributed by atoms with Crippen molar-refractivity contribution in [2.24, 2.45) is 0 Å². The Morgan fingerprint density at radius 3 is 2.34 bits per heavy atom. The van der Waals surface area contributed by atoms with Gasteiger partial charge in [-0.1, -0.05) is 83.3 Å². The van der Waals surface area contributed by atoms with E-state index >= 15 is 0 Å². The number of carboxylic acids is 1. The summed E-state index contributed by atoms with van der Waals surface area (Å²) in [5.41, 5.74) is 3.21. The van der Waals surface area contributed by atoms with Crippen molar-refractivity contribution in [3.8, 4) is 16.9 Å². The van der Waals surface area contributed by atoms with Crippen molar-refractivity contribution in [1.29, 1.82) is 0 Å². The minimum absolute atomic E-state index is 0.0689. The molecule has 5 rings (SSSR count). The molecule has 5 aromatic rings. The van der Waals surface area contributed by atoms with E-state index in [1.54, 1.807) is 47.1 Å². The Labute approximate surface area is 216 Å². The third-order valence-electron chi connectivity index (χ3n) is 5.57. The van der Waals surface area contributed by atoms with E-state index in [2.05, 4.69) is 6.07 Å². The average molecular weight is 520 g/mol. The zero-order chi connectivity index (χ0) is 24.5. The van der Waals surface area contributed by atoms with Crippen molar-refractivity contribution >= 4 is 63.2 Å². The lowest BCUT2D eigenvalue weighted by Gasteiger charge is -2.10. The molecule has 0 aliphatic heterocycles. The Morgan fingerprint density at radius 2 is 1.57 bits per heavy atom. The van der Waals surface area contributed by atoms with Crippen molar-refractivity contribution in [2.75, 3.05) is 0 Å². The highest BCUT2D eigenvalue weighted by atomic mass is 35.5. The first-order chi connectivity index (χ1) is 16.9. The molecule has 0 aliphatic rings. The number of benzene rings is 4. The number of halogens is 3. The smallest absolute Gasteiger partial charge is 0.336 e. The number of hydrogen-bond acceptors (Lipinski definition) is 2. The van der Waals surface area contributed by atoms with Gasteiger partial charge in [-0.3, -0.25) is 0 Å². The number of fused-ring (bicyclic) bond motifs is 1. The lowest BCUT2D eigenvalue weighted by molar-refractivity contribution is -0.130. The van der Waals surface area contributed by atoms with Gasteiger partial charge in [0.1, 0.15) is 0 Å². The largest absolute Gasteiger partial charge is 0.478 e. The highest BCUT2D eigenvalue weighted by molar-refractivity contribution is 6.34. The molecule has 0 radical (unpaired) electrons. The second-order valence-electron chi connectivity index (χ2n) is 7.90. The van der Waals surface area contributed by atoms with E-state index in [0.717, 1.165) is 22.0 Å². The summed E-state index contributed by atoms with van der Waals surface area (Å²) in [4.78, 5) is 12.1. The van der Waals surface area contributed by atoms with Crippen LogP contribution in [0.25, 0.3) is 39.4 Å². The lowest BCUT2D eigenvalue weighted by atomic mass is 10.0. The van der Waals surface area contributed by atoms with Crippen molar-refractivity contribution in [2.45, 2.75) is 0 Å². The molecule has 4 aromatic carbocycles. The Balaban J connectivity index is 1.73. The summed E-state index contributed by atoms with van der Waals surface area (Å²) in [6.07, 6.45) is 1.52. The van der Waals surface area contributed by atoms with Crippen LogP contribution in [0.4, 0.5) is 0 Å². The summed E-state index contributed by atoms with van der Waals surface area (Å²) in [6, 6.07) is 27.8. The molecule has 1 heterocycles. The zero-order valence-electron chi connectivity index (χ0n) is 18.1. The Hall–Kier alpha value is -3.57. The number of carbonyl (C=O) groups is 1. The zero-order valence-corrected chi connectivity index (χ0v) is 20.4. The van der Waals surface area contributed by atoms with Gasteiger partial charge in [-0.25, -0.2) is 9.48 Å². The van der Waals surface area contributed by atoms with Gasteiger partial charge in [-0.05, 0) is 64.9 Å². The maximum Gasteiger partial charge on any atom is 0.336 e. The first-order valence-electron chi connectivity index (χ1n) is 10.6. The Morgan fingerprint density at radius 1 is 0.800 bits per heavy atom. The van der Waals surface area contributed by atoms with Crippen molar-refractivity contribution in [3.63, 3.8) is 0 Å². The van der Waals surface area contributed by atoms with E-state index in [0.29, 0.717) is 32.0 Å². The second kappa shape index (κ2) is 9.59. The molecule has 1 aromatic heterocycles. The number of nitrogens with zero attached hydrogens (tertiary/aromatic N) is 2. The van der Waals surface area contributed by atoms with Crippen LogP contribution >= 0.6 is 34.8 Å². The maximum atomic E-state index is 12.1. The Bertz CT molecular complexity index is 1620. The molecule has 0 spiro atoms. The molecule has 172 valence electrons. The van der Waals surface area contributed by atoms with E-state index in [1.165, 1.54) is 6.08 Å². The van der Waals surface area contributed by atoms with Crippen LogP contribution in [0.3, 0.4) is 0 Å². The first-order valence-corrected chi connectivity index (χ1v) is 11.8. The fourth-order valence-electron chi connectivity index (χ4n) is 3.93. The summed E-state index contributed by atoms with van der Waals surface area (Å²) in [7, 11) is 0. The predicted molar refractivity (Wildman–Crippen MR) is 143 cm³/mol.